The molecule has 1 amide bonds. The third-order valence-corrected chi connectivity index (χ3v) is 3.22. The fourth-order valence-corrected chi connectivity index (χ4v) is 2.07. The first kappa shape index (κ1) is 14.3. The van der Waals surface area contributed by atoms with Crippen molar-refractivity contribution >= 4 is 5.91 Å². The molecule has 3 nitrogen and oxygen atoms in total. The van der Waals surface area contributed by atoms with Crippen molar-refractivity contribution < 1.29 is 4.79 Å². The molecule has 2 rings (SSSR count). The van der Waals surface area contributed by atoms with E-state index in [9.17, 15) is 4.79 Å². The molecule has 0 fully saturated rings. The summed E-state index contributed by atoms with van der Waals surface area (Å²) in [5.41, 5.74) is 2.32. The average Bonchev–Trinajstić information content (AvgIpc) is 2.49. The Morgan fingerprint density at radius 1 is 0.950 bits per heavy atom. The molecule has 0 radical (unpaired) electrons. The quantitative estimate of drug-likeness (QED) is 0.903. The molecule has 104 valence electrons. The second kappa shape index (κ2) is 6.87. The molecule has 0 heterocycles. The van der Waals surface area contributed by atoms with Gasteiger partial charge in [0.25, 0.3) is 0 Å². The van der Waals surface area contributed by atoms with Gasteiger partial charge in [-0.15, -0.1) is 0 Å². The second-order valence-corrected chi connectivity index (χ2v) is 4.92. The highest BCUT2D eigenvalue weighted by Crippen LogP contribution is 2.21. The Bertz CT molecular complexity index is 498. The van der Waals surface area contributed by atoms with E-state index in [0.29, 0.717) is 6.54 Å². The smallest absolute Gasteiger partial charge is 0.236 e. The maximum absolute atomic E-state index is 11.8. The average molecular weight is 268 g/mol. The molecule has 2 aromatic rings. The van der Waals surface area contributed by atoms with E-state index < -0.39 is 0 Å². The summed E-state index contributed by atoms with van der Waals surface area (Å²) < 4.78 is 0. The van der Waals surface area contributed by atoms with Gasteiger partial charge in [-0.25, -0.2) is 0 Å². The van der Waals surface area contributed by atoms with E-state index in [0.717, 1.165) is 11.1 Å². The van der Waals surface area contributed by atoms with E-state index >= 15 is 0 Å². The molecule has 0 aliphatic carbocycles. The van der Waals surface area contributed by atoms with Gasteiger partial charge in [-0.05, 0) is 11.1 Å². The van der Waals surface area contributed by atoms with E-state index in [-0.39, 0.29) is 11.9 Å². The molecule has 0 unspecified atom stereocenters. The van der Waals surface area contributed by atoms with Gasteiger partial charge in [-0.3, -0.25) is 10.1 Å². The van der Waals surface area contributed by atoms with Gasteiger partial charge >= 0.3 is 0 Å². The van der Waals surface area contributed by atoms with Gasteiger partial charge in [0, 0.05) is 14.1 Å². The maximum atomic E-state index is 11.8. The van der Waals surface area contributed by atoms with E-state index in [4.69, 9.17) is 0 Å². The Hall–Kier alpha value is -2.13. The van der Waals surface area contributed by atoms with Crippen LogP contribution in [0, 0.1) is 0 Å². The normalized spacial score (nSPS) is 10.6. The van der Waals surface area contributed by atoms with Crippen LogP contribution in [-0.2, 0) is 4.79 Å². The van der Waals surface area contributed by atoms with Crippen LogP contribution in [0.4, 0.5) is 0 Å². The van der Waals surface area contributed by atoms with Crippen molar-refractivity contribution in [1.29, 1.82) is 0 Å². The number of benzene rings is 2. The number of carbonyl (C=O) groups is 1. The molecular weight excluding hydrogens is 248 g/mol. The predicted molar refractivity (Wildman–Crippen MR) is 81.4 cm³/mol. The molecule has 3 heteroatoms. The molecule has 0 aliphatic heterocycles. The van der Waals surface area contributed by atoms with Crippen LogP contribution in [0.2, 0.25) is 0 Å². The topological polar surface area (TPSA) is 32.3 Å². The lowest BCUT2D eigenvalue weighted by atomic mass is 9.99. The highest BCUT2D eigenvalue weighted by molar-refractivity contribution is 5.77. The van der Waals surface area contributed by atoms with Crippen LogP contribution in [0.5, 0.6) is 0 Å². The molecule has 0 aliphatic rings. The summed E-state index contributed by atoms with van der Waals surface area (Å²) in [7, 11) is 3.54. The van der Waals surface area contributed by atoms with Crippen molar-refractivity contribution in [2.45, 2.75) is 6.04 Å². The van der Waals surface area contributed by atoms with Crippen LogP contribution in [0.1, 0.15) is 17.2 Å². The molecule has 0 bridgehead atoms. The largest absolute Gasteiger partial charge is 0.348 e. The predicted octanol–water partition coefficient (Wildman–Crippen LogP) is 2.45. The summed E-state index contributed by atoms with van der Waals surface area (Å²) >= 11 is 0. The summed E-state index contributed by atoms with van der Waals surface area (Å²) in [6.45, 7) is 0.321. The third kappa shape index (κ3) is 3.68. The van der Waals surface area contributed by atoms with Crippen molar-refractivity contribution in [3.63, 3.8) is 0 Å². The van der Waals surface area contributed by atoms with Gasteiger partial charge in [-0.1, -0.05) is 60.7 Å². The zero-order chi connectivity index (χ0) is 14.4. The first-order valence-electron chi connectivity index (χ1n) is 6.72. The molecule has 20 heavy (non-hydrogen) atoms. The van der Waals surface area contributed by atoms with Crippen LogP contribution in [0.25, 0.3) is 0 Å². The number of hydrogen-bond donors (Lipinski definition) is 1. The molecule has 0 spiro atoms. The number of nitrogens with zero attached hydrogens (tertiary/aromatic N) is 1. The van der Waals surface area contributed by atoms with Crippen molar-refractivity contribution in [2.24, 2.45) is 0 Å². The minimum absolute atomic E-state index is 0.0290. The van der Waals surface area contributed by atoms with Crippen molar-refractivity contribution in [3.05, 3.63) is 71.8 Å². The molecule has 0 saturated heterocycles. The molecule has 0 saturated carbocycles. The summed E-state index contributed by atoms with van der Waals surface area (Å²) in [4.78, 5) is 13.4. The van der Waals surface area contributed by atoms with Gasteiger partial charge in [0.05, 0.1) is 12.6 Å². The van der Waals surface area contributed by atoms with E-state index in [1.54, 1.807) is 19.0 Å². The summed E-state index contributed by atoms with van der Waals surface area (Å²) in [5, 5.41) is 3.34. The lowest BCUT2D eigenvalue weighted by Gasteiger charge is -2.20. The minimum atomic E-state index is 0.0290. The van der Waals surface area contributed by atoms with Gasteiger partial charge < -0.3 is 4.90 Å². The minimum Gasteiger partial charge on any atom is -0.348 e. The van der Waals surface area contributed by atoms with Crippen LogP contribution < -0.4 is 5.32 Å². The van der Waals surface area contributed by atoms with Gasteiger partial charge in [0.15, 0.2) is 0 Å². The Labute approximate surface area is 120 Å². The van der Waals surface area contributed by atoms with Crippen LogP contribution >= 0.6 is 0 Å². The second-order valence-electron chi connectivity index (χ2n) is 4.92. The summed E-state index contributed by atoms with van der Waals surface area (Å²) in [6.07, 6.45) is 0. The molecule has 2 aromatic carbocycles. The van der Waals surface area contributed by atoms with Gasteiger partial charge in [0.2, 0.25) is 5.91 Å². The molecule has 0 aromatic heterocycles. The van der Waals surface area contributed by atoms with Gasteiger partial charge in [-0.2, -0.15) is 0 Å². The van der Waals surface area contributed by atoms with E-state index in [2.05, 4.69) is 29.6 Å². The third-order valence-electron chi connectivity index (χ3n) is 3.22. The summed E-state index contributed by atoms with van der Waals surface area (Å²) in [6, 6.07) is 20.4. The summed E-state index contributed by atoms with van der Waals surface area (Å²) in [5.74, 6) is 0.0712. The van der Waals surface area contributed by atoms with E-state index in [1.807, 2.05) is 36.4 Å². The number of likely N-dealkylation sites (N-methyl/N-ethyl adjacent to an activating group) is 1. The fourth-order valence-electron chi connectivity index (χ4n) is 2.07. The van der Waals surface area contributed by atoms with Crippen molar-refractivity contribution in [2.75, 3.05) is 20.6 Å². The van der Waals surface area contributed by atoms with Crippen molar-refractivity contribution in [1.82, 2.24) is 10.2 Å². The zero-order valence-electron chi connectivity index (χ0n) is 11.9. The number of nitrogens with one attached hydrogen (secondary N) is 1. The molecule has 1 N–H and O–H groups in total. The van der Waals surface area contributed by atoms with Crippen molar-refractivity contribution in [3.8, 4) is 0 Å². The van der Waals surface area contributed by atoms with Crippen LogP contribution in [0.15, 0.2) is 60.7 Å². The SMILES string of the molecule is CN(C)C(=O)CNC(c1ccccc1)c1ccccc1. The number of carbonyl (C=O) groups excluding carboxylic acids is 1. The number of amides is 1. The molecule has 0 atom stereocenters. The standard InChI is InChI=1S/C17H20N2O/c1-19(2)16(20)13-18-17(14-9-5-3-6-10-14)15-11-7-4-8-12-15/h3-12,17-18H,13H2,1-2H3. The van der Waals surface area contributed by atoms with Gasteiger partial charge in [0.1, 0.15) is 0 Å². The molecular formula is C17H20N2O. The van der Waals surface area contributed by atoms with Crippen LogP contribution in [-0.4, -0.2) is 31.4 Å². The Morgan fingerprint density at radius 3 is 1.80 bits per heavy atom. The highest BCUT2D eigenvalue weighted by atomic mass is 16.2. The highest BCUT2D eigenvalue weighted by Gasteiger charge is 2.15. The first-order chi connectivity index (χ1) is 9.68. The first-order valence-corrected chi connectivity index (χ1v) is 6.72. The lowest BCUT2D eigenvalue weighted by Crippen LogP contribution is -2.35. The number of hydrogen-bond acceptors (Lipinski definition) is 2. The maximum Gasteiger partial charge on any atom is 0.236 e. The lowest BCUT2D eigenvalue weighted by molar-refractivity contribution is -0.127. The Kier molecular flexibility index (Phi) is 4.91. The Morgan fingerprint density at radius 2 is 1.40 bits per heavy atom. The Balaban J connectivity index is 2.20. The zero-order valence-corrected chi connectivity index (χ0v) is 11.9. The van der Waals surface area contributed by atoms with E-state index in [1.165, 1.54) is 0 Å². The fraction of sp³-hybridized carbons (Fsp3) is 0.235. The monoisotopic (exact) mass is 268 g/mol. The number of rotatable bonds is 5. The van der Waals surface area contributed by atoms with Crippen LogP contribution in [0.3, 0.4) is 0 Å².